The van der Waals surface area contributed by atoms with Gasteiger partial charge in [0.05, 0.1) is 24.9 Å². The summed E-state index contributed by atoms with van der Waals surface area (Å²) in [7, 11) is 0. The van der Waals surface area contributed by atoms with Gasteiger partial charge in [-0.25, -0.2) is 9.78 Å². The van der Waals surface area contributed by atoms with E-state index < -0.39 is 18.4 Å². The topological polar surface area (TPSA) is 123 Å². The number of rotatable bonds is 14. The number of aromatic nitrogens is 1. The van der Waals surface area contributed by atoms with Gasteiger partial charge in [-0.3, -0.25) is 4.79 Å². The molecule has 0 spiro atoms. The van der Waals surface area contributed by atoms with E-state index in [9.17, 15) is 14.7 Å². The molecule has 1 unspecified atom stereocenters. The molecule has 6 aromatic rings. The van der Waals surface area contributed by atoms with Gasteiger partial charge in [0.15, 0.2) is 17.8 Å². The molecule has 2 amide bonds. The highest BCUT2D eigenvalue weighted by Crippen LogP contribution is 2.41. The minimum atomic E-state index is -0.647. The molecule has 4 atom stereocenters. The summed E-state index contributed by atoms with van der Waals surface area (Å²) in [4.78, 5) is 30.0. The van der Waals surface area contributed by atoms with Crippen molar-refractivity contribution in [3.63, 3.8) is 0 Å². The van der Waals surface area contributed by atoms with E-state index in [1.165, 1.54) is 18.7 Å². The Morgan fingerprint density at radius 2 is 1.38 bits per heavy atom. The van der Waals surface area contributed by atoms with E-state index in [-0.39, 0.29) is 31.1 Å². The van der Waals surface area contributed by atoms with Crippen molar-refractivity contribution in [1.29, 1.82) is 0 Å². The van der Waals surface area contributed by atoms with Gasteiger partial charge in [-0.15, -0.1) is 0 Å². The van der Waals surface area contributed by atoms with Crippen molar-refractivity contribution in [2.45, 2.75) is 62.7 Å². The van der Waals surface area contributed by atoms with Crippen LogP contribution in [0.3, 0.4) is 0 Å². The van der Waals surface area contributed by atoms with Crippen molar-refractivity contribution in [3.05, 3.63) is 167 Å². The summed E-state index contributed by atoms with van der Waals surface area (Å²) < 4.78 is 19.5. The highest BCUT2D eigenvalue weighted by atomic mass is 32.2. The number of ketones is 1. The lowest BCUT2D eigenvalue weighted by atomic mass is 10.0. The maximum atomic E-state index is 12.8. The van der Waals surface area contributed by atoms with Crippen LogP contribution in [0.4, 0.5) is 4.79 Å². The molecule has 280 valence electrons. The maximum absolute atomic E-state index is 12.8. The lowest BCUT2D eigenvalue weighted by Crippen LogP contribution is -2.46. The third-order valence-corrected chi connectivity index (χ3v) is 10.4. The fourth-order valence-electron chi connectivity index (χ4n) is 6.46. The van der Waals surface area contributed by atoms with Crippen LogP contribution in [-0.4, -0.2) is 39.8 Å². The average Bonchev–Trinajstić information content (AvgIpc) is 3.67. The van der Waals surface area contributed by atoms with Crippen molar-refractivity contribution >= 4 is 23.6 Å². The summed E-state index contributed by atoms with van der Waals surface area (Å²) in [5.74, 6) is 1.20. The molecular formula is C45H43N3O6S. The predicted molar refractivity (Wildman–Crippen MR) is 213 cm³/mol. The molecule has 3 N–H and O–H groups in total. The van der Waals surface area contributed by atoms with E-state index in [1.54, 1.807) is 0 Å². The maximum Gasteiger partial charge on any atom is 0.315 e. The number of aliphatic hydroxyl groups is 1. The van der Waals surface area contributed by atoms with E-state index in [0.717, 1.165) is 50.4 Å². The fraction of sp³-hybridized carbons (Fsp3) is 0.222. The first-order valence-electron chi connectivity index (χ1n) is 18.3. The zero-order chi connectivity index (χ0) is 38.0. The van der Waals surface area contributed by atoms with E-state index in [4.69, 9.17) is 18.9 Å². The number of hydrogen-bond acceptors (Lipinski definition) is 8. The quantitative estimate of drug-likeness (QED) is 0.0944. The van der Waals surface area contributed by atoms with Gasteiger partial charge in [-0.05, 0) is 35.6 Å². The van der Waals surface area contributed by atoms with Crippen LogP contribution in [0.15, 0.2) is 149 Å². The van der Waals surface area contributed by atoms with Crippen molar-refractivity contribution in [1.82, 2.24) is 15.6 Å². The van der Waals surface area contributed by atoms with Gasteiger partial charge in [0.1, 0.15) is 5.69 Å². The molecule has 0 bridgehead atoms. The minimum Gasteiger partial charge on any atom is -0.431 e. The van der Waals surface area contributed by atoms with Crippen LogP contribution in [0, 0.1) is 0 Å². The van der Waals surface area contributed by atoms with Gasteiger partial charge >= 0.3 is 6.03 Å². The van der Waals surface area contributed by atoms with Gasteiger partial charge in [0.2, 0.25) is 0 Å². The van der Waals surface area contributed by atoms with Gasteiger partial charge in [0, 0.05) is 35.4 Å². The Kier molecular flexibility index (Phi) is 12.5. The second kappa shape index (κ2) is 18.2. The van der Waals surface area contributed by atoms with Crippen molar-refractivity contribution in [2.75, 3.05) is 5.75 Å². The number of thioether (sulfide) groups is 1. The number of carbonyl (C=O) groups is 2. The van der Waals surface area contributed by atoms with Crippen LogP contribution >= 0.6 is 11.8 Å². The summed E-state index contributed by atoms with van der Waals surface area (Å²) in [6.07, 6.45) is -0.0636. The number of Topliss-reactive ketones (excluding diaryl/α,β-unsaturated/α-hetero) is 1. The molecule has 7 rings (SSSR count). The fourth-order valence-corrected chi connectivity index (χ4v) is 7.30. The number of ether oxygens (including phenoxy) is 2. The number of benzene rings is 5. The summed E-state index contributed by atoms with van der Waals surface area (Å²) in [5.41, 5.74) is 7.25. The molecule has 0 aliphatic carbocycles. The second-order valence-corrected chi connectivity index (χ2v) is 14.4. The SMILES string of the molecule is CC(=O)[C@@H](Cc1ccccc1)NC(=O)NCc1ccc(C2O[C@H](CSc3nc(-c4ccccc4)c(-c4ccccc4)o3)C[C@H](c3ccc(CO)cc3)O2)cc1. The summed E-state index contributed by atoms with van der Waals surface area (Å²) in [6.45, 7) is 1.73. The number of nitrogens with one attached hydrogen (secondary N) is 2. The predicted octanol–water partition coefficient (Wildman–Crippen LogP) is 8.84. The molecule has 1 aliphatic rings. The third-order valence-electron chi connectivity index (χ3n) is 9.48. The monoisotopic (exact) mass is 753 g/mol. The molecule has 2 heterocycles. The summed E-state index contributed by atoms with van der Waals surface area (Å²) in [6, 6.07) is 44.2. The zero-order valence-corrected chi connectivity index (χ0v) is 31.3. The van der Waals surface area contributed by atoms with E-state index in [1.807, 2.05) is 140 Å². The van der Waals surface area contributed by atoms with E-state index >= 15 is 0 Å². The molecule has 55 heavy (non-hydrogen) atoms. The Hall–Kier alpha value is -5.52. The van der Waals surface area contributed by atoms with Gasteiger partial charge in [-0.1, -0.05) is 151 Å². The van der Waals surface area contributed by atoms with Crippen LogP contribution < -0.4 is 10.6 Å². The van der Waals surface area contributed by atoms with Crippen LogP contribution in [0.2, 0.25) is 0 Å². The Labute approximate surface area is 325 Å². The molecule has 9 nitrogen and oxygen atoms in total. The Morgan fingerprint density at radius 1 is 0.764 bits per heavy atom. The average molecular weight is 754 g/mol. The molecule has 1 fully saturated rings. The minimum absolute atomic E-state index is 0.0310. The smallest absolute Gasteiger partial charge is 0.315 e. The third kappa shape index (κ3) is 9.97. The lowest BCUT2D eigenvalue weighted by Gasteiger charge is -2.36. The second-order valence-electron chi connectivity index (χ2n) is 13.5. The molecule has 10 heteroatoms. The Bertz CT molecular complexity index is 2090. The number of oxazole rings is 1. The van der Waals surface area contributed by atoms with Crippen molar-refractivity contribution in [2.24, 2.45) is 0 Å². The van der Waals surface area contributed by atoms with Crippen LogP contribution in [0.1, 0.15) is 53.6 Å². The molecule has 1 aliphatic heterocycles. The highest BCUT2D eigenvalue weighted by molar-refractivity contribution is 7.99. The number of carbonyl (C=O) groups excluding carboxylic acids is 2. The highest BCUT2D eigenvalue weighted by Gasteiger charge is 2.33. The van der Waals surface area contributed by atoms with Crippen LogP contribution in [0.5, 0.6) is 0 Å². The molecular weight excluding hydrogens is 711 g/mol. The number of amides is 2. The number of urea groups is 1. The lowest BCUT2D eigenvalue weighted by molar-refractivity contribution is -0.245. The van der Waals surface area contributed by atoms with Gasteiger partial charge in [-0.2, -0.15) is 0 Å². The molecule has 1 aromatic heterocycles. The Morgan fingerprint density at radius 3 is 2.04 bits per heavy atom. The standard InChI is InChI=1S/C45H43N3O6S/c1-30(50)39(25-31-11-5-2-6-12-31)47-44(51)46-27-32-17-23-37(24-18-32)43-52-38(26-40(53-43)34-21-19-33(28-49)20-22-34)29-55-45-48-41(35-13-7-3-8-14-35)42(54-45)36-15-9-4-10-16-36/h2-24,38-40,43,49H,25-29H2,1H3,(H2,46,47,51)/t38-,39+,40+,43?/m0/s1. The molecule has 0 radical (unpaired) electrons. The molecule has 5 aromatic carbocycles. The summed E-state index contributed by atoms with van der Waals surface area (Å²) >= 11 is 1.51. The largest absolute Gasteiger partial charge is 0.431 e. The summed E-state index contributed by atoms with van der Waals surface area (Å²) in [5, 5.41) is 15.9. The Balaban J connectivity index is 1.03. The van der Waals surface area contributed by atoms with Crippen molar-refractivity contribution < 1.29 is 28.6 Å². The van der Waals surface area contributed by atoms with E-state index in [2.05, 4.69) is 10.6 Å². The van der Waals surface area contributed by atoms with Gasteiger partial charge < -0.3 is 29.6 Å². The first-order chi connectivity index (χ1) is 26.9. The number of aliphatic hydroxyl groups excluding tert-OH is 1. The first kappa shape index (κ1) is 37.8. The van der Waals surface area contributed by atoms with E-state index in [0.29, 0.717) is 23.8 Å². The molecule has 0 saturated carbocycles. The number of hydrogen-bond donors (Lipinski definition) is 3. The zero-order valence-electron chi connectivity index (χ0n) is 30.5. The normalized spacial score (nSPS) is 17.3. The van der Waals surface area contributed by atoms with Crippen LogP contribution in [0.25, 0.3) is 22.6 Å². The first-order valence-corrected chi connectivity index (χ1v) is 19.3. The van der Waals surface area contributed by atoms with Gasteiger partial charge in [0.25, 0.3) is 5.22 Å². The molecule has 1 saturated heterocycles. The van der Waals surface area contributed by atoms with Crippen LogP contribution in [-0.2, 0) is 33.8 Å². The van der Waals surface area contributed by atoms with Crippen molar-refractivity contribution in [3.8, 4) is 22.6 Å². The number of nitrogens with zero attached hydrogens (tertiary/aromatic N) is 1.